The Hall–Kier alpha value is -3.11. The van der Waals surface area contributed by atoms with E-state index in [0.717, 1.165) is 0 Å². The number of aromatic nitrogens is 1. The van der Waals surface area contributed by atoms with E-state index in [-0.39, 0.29) is 0 Å². The lowest BCUT2D eigenvalue weighted by Crippen LogP contribution is -2.04. The average molecular weight is 301 g/mol. The van der Waals surface area contributed by atoms with Crippen LogP contribution in [0.25, 0.3) is 10.9 Å². The molecule has 0 aliphatic carbocycles. The van der Waals surface area contributed by atoms with Crippen LogP contribution in [0.3, 0.4) is 0 Å². The molecular formula is C10H5F2N3O6. The minimum Gasteiger partial charge on any atom is -0.481 e. The molecule has 2 rings (SSSR count). The average Bonchev–Trinajstić information content (AvgIpc) is 2.68. The van der Waals surface area contributed by atoms with Crippen LogP contribution < -0.4 is 0 Å². The fraction of sp³-hybridized carbons (Fsp3) is 0.100. The molecule has 0 spiro atoms. The summed E-state index contributed by atoms with van der Waals surface area (Å²) in [5.41, 5.74) is -2.36. The van der Waals surface area contributed by atoms with Gasteiger partial charge in [-0.05, 0) is 4.92 Å². The number of nitro benzene ring substituents is 1. The lowest BCUT2D eigenvalue weighted by Gasteiger charge is -1.99. The number of rotatable bonds is 4. The molecule has 11 heteroatoms. The zero-order chi connectivity index (χ0) is 15.9. The van der Waals surface area contributed by atoms with Gasteiger partial charge < -0.3 is 15.2 Å². The van der Waals surface area contributed by atoms with Gasteiger partial charge in [0, 0.05) is 6.07 Å². The maximum Gasteiger partial charge on any atom is 0.326 e. The summed E-state index contributed by atoms with van der Waals surface area (Å²) in [6.45, 7) is 0. The number of benzene rings is 1. The van der Waals surface area contributed by atoms with Crippen molar-refractivity contribution in [2.24, 2.45) is 0 Å². The summed E-state index contributed by atoms with van der Waals surface area (Å²) < 4.78 is 26.9. The molecule has 0 atom stereocenters. The van der Waals surface area contributed by atoms with Gasteiger partial charge in [0.25, 0.3) is 0 Å². The summed E-state index contributed by atoms with van der Waals surface area (Å²) >= 11 is 0. The highest BCUT2D eigenvalue weighted by atomic mass is 19.2. The number of H-pyrrole nitrogens is 1. The zero-order valence-corrected chi connectivity index (χ0v) is 9.92. The van der Waals surface area contributed by atoms with E-state index in [1.165, 1.54) is 0 Å². The predicted molar refractivity (Wildman–Crippen MR) is 62.9 cm³/mol. The smallest absolute Gasteiger partial charge is 0.326 e. The van der Waals surface area contributed by atoms with Gasteiger partial charge in [-0.2, -0.15) is 4.39 Å². The van der Waals surface area contributed by atoms with E-state index in [9.17, 15) is 33.8 Å². The Morgan fingerprint density at radius 2 is 1.90 bits per heavy atom. The van der Waals surface area contributed by atoms with E-state index in [4.69, 9.17) is 5.11 Å². The molecule has 1 aromatic heterocycles. The largest absolute Gasteiger partial charge is 0.481 e. The number of carboxylic acid groups (broad SMARTS) is 1. The molecule has 2 aromatic rings. The molecule has 21 heavy (non-hydrogen) atoms. The summed E-state index contributed by atoms with van der Waals surface area (Å²) in [5, 5.41) is 29.8. The standard InChI is InChI=1S/C10H5F2N3O6/c11-4-2-5-7(9(8(4)12)14(18)19)3(1-6(16)17)10(13-5)15(20)21/h2,13H,1H2,(H,16,17). The zero-order valence-electron chi connectivity index (χ0n) is 9.92. The van der Waals surface area contributed by atoms with Gasteiger partial charge >= 0.3 is 17.5 Å². The molecule has 0 radical (unpaired) electrons. The van der Waals surface area contributed by atoms with Gasteiger partial charge in [-0.3, -0.25) is 14.9 Å². The van der Waals surface area contributed by atoms with E-state index in [2.05, 4.69) is 4.98 Å². The van der Waals surface area contributed by atoms with Crippen LogP contribution in [0.4, 0.5) is 20.3 Å². The van der Waals surface area contributed by atoms with Crippen LogP contribution in [0.2, 0.25) is 0 Å². The van der Waals surface area contributed by atoms with Crippen molar-refractivity contribution in [3.8, 4) is 0 Å². The Balaban J connectivity index is 2.98. The number of halogens is 2. The van der Waals surface area contributed by atoms with Gasteiger partial charge in [-0.1, -0.05) is 0 Å². The molecule has 0 amide bonds. The molecule has 0 saturated heterocycles. The predicted octanol–water partition coefficient (Wildman–Crippen LogP) is 1.89. The van der Waals surface area contributed by atoms with Crippen molar-refractivity contribution in [2.45, 2.75) is 6.42 Å². The third kappa shape index (κ3) is 2.24. The first-order valence-corrected chi connectivity index (χ1v) is 5.27. The number of fused-ring (bicyclic) bond motifs is 1. The van der Waals surface area contributed by atoms with Gasteiger partial charge in [-0.15, -0.1) is 0 Å². The molecule has 0 unspecified atom stereocenters. The minimum absolute atomic E-state index is 0.427. The Labute approximate surface area is 113 Å². The molecule has 0 aliphatic heterocycles. The van der Waals surface area contributed by atoms with Crippen LogP contribution in [0.1, 0.15) is 5.56 Å². The first-order valence-electron chi connectivity index (χ1n) is 5.27. The Morgan fingerprint density at radius 1 is 1.29 bits per heavy atom. The summed E-state index contributed by atoms with van der Waals surface area (Å²) in [6, 6.07) is 0.496. The number of nitrogens with one attached hydrogen (secondary N) is 1. The van der Waals surface area contributed by atoms with E-state index in [0.29, 0.717) is 6.07 Å². The molecule has 0 bridgehead atoms. The molecule has 0 fully saturated rings. The number of hydrogen-bond acceptors (Lipinski definition) is 5. The van der Waals surface area contributed by atoms with Gasteiger partial charge in [0.2, 0.25) is 5.82 Å². The van der Waals surface area contributed by atoms with Crippen LogP contribution in [0.5, 0.6) is 0 Å². The van der Waals surface area contributed by atoms with Crippen molar-refractivity contribution in [1.82, 2.24) is 4.98 Å². The summed E-state index contributed by atoms with van der Waals surface area (Å²) in [7, 11) is 0. The second kappa shape index (κ2) is 4.77. The lowest BCUT2D eigenvalue weighted by atomic mass is 10.1. The Bertz CT molecular complexity index is 800. The van der Waals surface area contributed by atoms with Crippen LogP contribution in [0.15, 0.2) is 6.07 Å². The van der Waals surface area contributed by atoms with E-state index in [1.807, 2.05) is 0 Å². The van der Waals surface area contributed by atoms with Crippen molar-refractivity contribution < 1.29 is 28.5 Å². The number of carboxylic acids is 1. The number of carbonyl (C=O) groups is 1. The maximum absolute atomic E-state index is 13.6. The SMILES string of the molecule is O=C(O)Cc1c([N+](=O)[O-])[nH]c2cc(F)c(F)c([N+](=O)[O-])c12. The Kier molecular flexibility index (Phi) is 3.25. The quantitative estimate of drug-likeness (QED) is 0.652. The third-order valence-corrected chi connectivity index (χ3v) is 2.73. The second-order valence-electron chi connectivity index (χ2n) is 3.98. The third-order valence-electron chi connectivity index (χ3n) is 2.73. The summed E-state index contributed by atoms with van der Waals surface area (Å²) in [5.74, 6) is -5.77. The van der Waals surface area contributed by atoms with E-state index in [1.54, 1.807) is 0 Å². The van der Waals surface area contributed by atoms with Gasteiger partial charge in [-0.25, -0.2) is 9.37 Å². The highest BCUT2D eigenvalue weighted by Gasteiger charge is 2.33. The molecule has 0 aliphatic rings. The fourth-order valence-corrected chi connectivity index (χ4v) is 1.99. The van der Waals surface area contributed by atoms with E-state index < -0.39 is 61.8 Å². The minimum atomic E-state index is -1.81. The molecule has 9 nitrogen and oxygen atoms in total. The first kappa shape index (κ1) is 14.3. The highest BCUT2D eigenvalue weighted by molar-refractivity contribution is 5.97. The second-order valence-corrected chi connectivity index (χ2v) is 3.98. The van der Waals surface area contributed by atoms with Crippen molar-refractivity contribution in [3.05, 3.63) is 43.5 Å². The topological polar surface area (TPSA) is 139 Å². The normalized spacial score (nSPS) is 10.8. The summed E-state index contributed by atoms with van der Waals surface area (Å²) in [4.78, 5) is 32.2. The van der Waals surface area contributed by atoms with Gasteiger partial charge in [0.05, 0.1) is 16.9 Å². The number of nitro groups is 2. The number of nitrogens with zero attached hydrogens (tertiary/aromatic N) is 2. The highest BCUT2D eigenvalue weighted by Crippen LogP contribution is 2.37. The molecular weight excluding hydrogens is 296 g/mol. The van der Waals surface area contributed by atoms with Gasteiger partial charge in [0.1, 0.15) is 10.9 Å². The molecule has 110 valence electrons. The van der Waals surface area contributed by atoms with Crippen LogP contribution in [-0.2, 0) is 11.2 Å². The maximum atomic E-state index is 13.6. The molecule has 1 aromatic carbocycles. The Morgan fingerprint density at radius 3 is 2.38 bits per heavy atom. The first-order chi connectivity index (χ1) is 9.73. The fourth-order valence-electron chi connectivity index (χ4n) is 1.99. The van der Waals surface area contributed by atoms with Crippen LogP contribution >= 0.6 is 0 Å². The van der Waals surface area contributed by atoms with Crippen molar-refractivity contribution in [1.29, 1.82) is 0 Å². The van der Waals surface area contributed by atoms with Crippen molar-refractivity contribution in [2.75, 3.05) is 0 Å². The van der Waals surface area contributed by atoms with Gasteiger partial charge in [0.15, 0.2) is 5.82 Å². The molecule has 2 N–H and O–H groups in total. The summed E-state index contributed by atoms with van der Waals surface area (Å²) in [6.07, 6.45) is -0.956. The van der Waals surface area contributed by atoms with Crippen molar-refractivity contribution in [3.63, 3.8) is 0 Å². The molecule has 0 saturated carbocycles. The lowest BCUT2D eigenvalue weighted by molar-refractivity contribution is -0.390. The molecule has 1 heterocycles. The van der Waals surface area contributed by atoms with Crippen LogP contribution in [0, 0.1) is 31.9 Å². The monoisotopic (exact) mass is 301 g/mol. The van der Waals surface area contributed by atoms with Crippen molar-refractivity contribution >= 4 is 28.4 Å². The van der Waals surface area contributed by atoms with Crippen LogP contribution in [-0.4, -0.2) is 25.9 Å². The number of aliphatic carboxylic acids is 1. The number of hydrogen-bond donors (Lipinski definition) is 2. The number of aromatic amines is 1. The van der Waals surface area contributed by atoms with E-state index >= 15 is 0 Å².